The second-order valence-corrected chi connectivity index (χ2v) is 4.06. The predicted molar refractivity (Wildman–Crippen MR) is 68.7 cm³/mol. The first-order chi connectivity index (χ1) is 8.36. The van der Waals surface area contributed by atoms with Gasteiger partial charge < -0.3 is 10.2 Å². The first-order valence-corrected chi connectivity index (χ1v) is 5.63. The molecule has 0 saturated heterocycles. The first kappa shape index (κ1) is 10.1. The van der Waals surface area contributed by atoms with Crippen molar-refractivity contribution in [1.82, 2.24) is 0 Å². The van der Waals surface area contributed by atoms with Crippen LogP contribution in [0.25, 0.3) is 10.8 Å². The van der Waals surface area contributed by atoms with E-state index in [0.29, 0.717) is 0 Å². The van der Waals surface area contributed by atoms with E-state index in [1.807, 2.05) is 30.3 Å². The van der Waals surface area contributed by atoms with Crippen LogP contribution >= 0.6 is 0 Å². The molecule has 0 aliphatic rings. The summed E-state index contributed by atoms with van der Waals surface area (Å²) in [6.45, 7) is 0. The van der Waals surface area contributed by atoms with Gasteiger partial charge in [-0.05, 0) is 28.5 Å². The number of nitrogens with two attached hydrogens (primary N) is 1. The summed E-state index contributed by atoms with van der Waals surface area (Å²) in [6, 6.07) is 18.0. The Morgan fingerprint density at radius 3 is 2.53 bits per heavy atom. The van der Waals surface area contributed by atoms with Crippen LogP contribution in [0, 0.1) is 0 Å². The molecule has 1 atom stereocenters. The molecule has 0 aliphatic heterocycles. The van der Waals surface area contributed by atoms with Gasteiger partial charge in [0.05, 0.1) is 12.3 Å². The summed E-state index contributed by atoms with van der Waals surface area (Å²) in [5, 5.41) is 2.38. The fourth-order valence-electron chi connectivity index (χ4n) is 2.14. The number of rotatable bonds is 2. The largest absolute Gasteiger partial charge is 0.467 e. The zero-order chi connectivity index (χ0) is 11.7. The molecule has 2 aromatic carbocycles. The van der Waals surface area contributed by atoms with Gasteiger partial charge in [0.1, 0.15) is 5.76 Å². The van der Waals surface area contributed by atoms with Gasteiger partial charge in [-0.25, -0.2) is 0 Å². The van der Waals surface area contributed by atoms with Crippen molar-refractivity contribution in [3.8, 4) is 0 Å². The quantitative estimate of drug-likeness (QED) is 0.722. The lowest BCUT2D eigenvalue weighted by Gasteiger charge is -2.12. The fourth-order valence-corrected chi connectivity index (χ4v) is 2.14. The van der Waals surface area contributed by atoms with Gasteiger partial charge in [-0.1, -0.05) is 42.5 Å². The third-order valence-corrected chi connectivity index (χ3v) is 3.01. The van der Waals surface area contributed by atoms with E-state index >= 15 is 0 Å². The van der Waals surface area contributed by atoms with Gasteiger partial charge in [-0.3, -0.25) is 0 Å². The maximum absolute atomic E-state index is 6.23. The van der Waals surface area contributed by atoms with Crippen LogP contribution in [0.2, 0.25) is 0 Å². The smallest absolute Gasteiger partial charge is 0.125 e. The predicted octanol–water partition coefficient (Wildman–Crippen LogP) is 3.48. The Morgan fingerprint density at radius 1 is 0.882 bits per heavy atom. The van der Waals surface area contributed by atoms with Crippen molar-refractivity contribution >= 4 is 10.8 Å². The van der Waals surface area contributed by atoms with Gasteiger partial charge in [0, 0.05) is 0 Å². The Balaban J connectivity index is 2.17. The van der Waals surface area contributed by atoms with Gasteiger partial charge in [0.2, 0.25) is 0 Å². The summed E-state index contributed by atoms with van der Waals surface area (Å²) in [7, 11) is 0. The Morgan fingerprint density at radius 2 is 1.71 bits per heavy atom. The minimum atomic E-state index is -0.212. The number of benzene rings is 2. The van der Waals surface area contributed by atoms with Crippen molar-refractivity contribution in [2.45, 2.75) is 6.04 Å². The molecule has 84 valence electrons. The summed E-state index contributed by atoms with van der Waals surface area (Å²) < 4.78 is 5.37. The monoisotopic (exact) mass is 223 g/mol. The second kappa shape index (κ2) is 4.07. The molecule has 3 rings (SSSR count). The van der Waals surface area contributed by atoms with Crippen LogP contribution in [0.3, 0.4) is 0 Å². The topological polar surface area (TPSA) is 39.2 Å². The lowest BCUT2D eigenvalue weighted by molar-refractivity contribution is 0.490. The molecule has 2 nitrogen and oxygen atoms in total. The van der Waals surface area contributed by atoms with E-state index in [1.165, 1.54) is 10.8 Å². The van der Waals surface area contributed by atoms with Crippen molar-refractivity contribution < 1.29 is 4.42 Å². The summed E-state index contributed by atoms with van der Waals surface area (Å²) in [5.74, 6) is 0.793. The van der Waals surface area contributed by atoms with Crippen molar-refractivity contribution in [1.29, 1.82) is 0 Å². The molecule has 0 aliphatic carbocycles. The molecule has 1 unspecified atom stereocenters. The van der Waals surface area contributed by atoms with Crippen molar-refractivity contribution in [2.75, 3.05) is 0 Å². The maximum Gasteiger partial charge on any atom is 0.125 e. The third kappa shape index (κ3) is 1.73. The van der Waals surface area contributed by atoms with E-state index in [2.05, 4.69) is 24.3 Å². The summed E-state index contributed by atoms with van der Waals surface area (Å²) in [4.78, 5) is 0. The summed E-state index contributed by atoms with van der Waals surface area (Å²) >= 11 is 0. The van der Waals surface area contributed by atoms with Gasteiger partial charge in [-0.2, -0.15) is 0 Å². The average Bonchev–Trinajstić information content (AvgIpc) is 2.91. The van der Waals surface area contributed by atoms with Crippen LogP contribution in [0.4, 0.5) is 0 Å². The van der Waals surface area contributed by atoms with E-state index in [-0.39, 0.29) is 6.04 Å². The van der Waals surface area contributed by atoms with Crippen LogP contribution in [0.5, 0.6) is 0 Å². The molecule has 2 N–H and O–H groups in total. The normalized spacial score (nSPS) is 12.8. The van der Waals surface area contributed by atoms with Crippen molar-refractivity contribution in [2.24, 2.45) is 5.73 Å². The highest BCUT2D eigenvalue weighted by molar-refractivity contribution is 5.86. The summed E-state index contributed by atoms with van der Waals surface area (Å²) in [5.41, 5.74) is 7.33. The molecular formula is C15H13NO. The SMILES string of the molecule is NC(c1ccco1)c1cccc2ccccc12. The number of hydrogen-bond acceptors (Lipinski definition) is 2. The minimum absolute atomic E-state index is 0.212. The highest BCUT2D eigenvalue weighted by Gasteiger charge is 2.13. The van der Waals surface area contributed by atoms with Crippen LogP contribution in [-0.2, 0) is 0 Å². The summed E-state index contributed by atoms with van der Waals surface area (Å²) in [6.07, 6.45) is 1.65. The zero-order valence-electron chi connectivity index (χ0n) is 9.34. The molecule has 2 heteroatoms. The average molecular weight is 223 g/mol. The molecule has 0 fully saturated rings. The van der Waals surface area contributed by atoms with Gasteiger partial charge in [0.25, 0.3) is 0 Å². The second-order valence-electron chi connectivity index (χ2n) is 4.06. The van der Waals surface area contributed by atoms with Gasteiger partial charge in [-0.15, -0.1) is 0 Å². The van der Waals surface area contributed by atoms with E-state index < -0.39 is 0 Å². The highest BCUT2D eigenvalue weighted by atomic mass is 16.3. The molecule has 0 amide bonds. The van der Waals surface area contributed by atoms with Crippen molar-refractivity contribution in [3.63, 3.8) is 0 Å². The molecule has 0 bridgehead atoms. The zero-order valence-corrected chi connectivity index (χ0v) is 9.34. The van der Waals surface area contributed by atoms with Gasteiger partial charge in [0.15, 0.2) is 0 Å². The Bertz CT molecular complexity index is 623. The maximum atomic E-state index is 6.23. The third-order valence-electron chi connectivity index (χ3n) is 3.01. The molecule has 17 heavy (non-hydrogen) atoms. The Labute approximate surface area is 99.7 Å². The molecular weight excluding hydrogens is 210 g/mol. The van der Waals surface area contributed by atoms with E-state index in [1.54, 1.807) is 6.26 Å². The number of hydrogen-bond donors (Lipinski definition) is 1. The van der Waals surface area contributed by atoms with E-state index in [0.717, 1.165) is 11.3 Å². The minimum Gasteiger partial charge on any atom is -0.467 e. The molecule has 0 radical (unpaired) electrons. The molecule has 1 aromatic heterocycles. The standard InChI is InChI=1S/C15H13NO/c16-15(14-9-4-10-17-14)13-8-3-6-11-5-1-2-7-12(11)13/h1-10,15H,16H2. The van der Waals surface area contributed by atoms with Crippen LogP contribution in [0.1, 0.15) is 17.4 Å². The van der Waals surface area contributed by atoms with Crippen LogP contribution < -0.4 is 5.73 Å². The number of fused-ring (bicyclic) bond motifs is 1. The van der Waals surface area contributed by atoms with Crippen LogP contribution in [-0.4, -0.2) is 0 Å². The highest BCUT2D eigenvalue weighted by Crippen LogP contribution is 2.27. The van der Waals surface area contributed by atoms with Crippen LogP contribution in [0.15, 0.2) is 65.3 Å². The number of furan rings is 1. The lowest BCUT2D eigenvalue weighted by atomic mass is 9.98. The molecule has 3 aromatic rings. The van der Waals surface area contributed by atoms with E-state index in [9.17, 15) is 0 Å². The van der Waals surface area contributed by atoms with E-state index in [4.69, 9.17) is 10.2 Å². The fraction of sp³-hybridized carbons (Fsp3) is 0.0667. The molecule has 1 heterocycles. The molecule has 0 spiro atoms. The van der Waals surface area contributed by atoms with Gasteiger partial charge >= 0.3 is 0 Å². The Kier molecular flexibility index (Phi) is 2.42. The first-order valence-electron chi connectivity index (χ1n) is 5.63. The lowest BCUT2D eigenvalue weighted by Crippen LogP contribution is -2.11. The molecule has 0 saturated carbocycles. The Hall–Kier alpha value is -2.06. The van der Waals surface area contributed by atoms with Crippen molar-refractivity contribution in [3.05, 3.63) is 72.2 Å².